The van der Waals surface area contributed by atoms with Crippen LogP contribution in [0.1, 0.15) is 42.7 Å². The molecule has 7 heteroatoms. The lowest BCUT2D eigenvalue weighted by Gasteiger charge is -2.13. The Morgan fingerprint density at radius 1 is 1.68 bits per heavy atom. The van der Waals surface area contributed by atoms with Crippen LogP contribution in [0.5, 0.6) is 0 Å². The zero-order chi connectivity index (χ0) is 14.0. The Morgan fingerprint density at radius 3 is 2.89 bits per heavy atom. The van der Waals surface area contributed by atoms with Gasteiger partial charge in [0.05, 0.1) is 11.1 Å². The fourth-order valence-electron chi connectivity index (χ4n) is 1.96. The number of rotatable bonds is 6. The van der Waals surface area contributed by atoms with Crippen molar-refractivity contribution < 1.29 is 14.8 Å². The van der Waals surface area contributed by atoms with Gasteiger partial charge in [-0.1, -0.05) is 0 Å². The summed E-state index contributed by atoms with van der Waals surface area (Å²) < 4.78 is 1.68. The van der Waals surface area contributed by atoms with E-state index in [1.54, 1.807) is 11.5 Å². The van der Waals surface area contributed by atoms with Crippen LogP contribution in [-0.2, 0) is 0 Å². The summed E-state index contributed by atoms with van der Waals surface area (Å²) >= 11 is 0. The average molecular weight is 267 g/mol. The van der Waals surface area contributed by atoms with Gasteiger partial charge >= 0.3 is 0 Å². The molecule has 7 nitrogen and oxygen atoms in total. The van der Waals surface area contributed by atoms with Gasteiger partial charge < -0.3 is 15.0 Å². The highest BCUT2D eigenvalue weighted by atomic mass is 16.6. The fraction of sp³-hybridized carbons (Fsp3) is 0.583. The summed E-state index contributed by atoms with van der Waals surface area (Å²) in [5.41, 5.74) is 0.255. The molecule has 19 heavy (non-hydrogen) atoms. The Bertz CT molecular complexity index is 493. The van der Waals surface area contributed by atoms with Crippen LogP contribution in [0.4, 0.5) is 5.69 Å². The lowest BCUT2D eigenvalue weighted by atomic mass is 10.2. The molecule has 0 saturated heterocycles. The number of nitrogens with zero attached hydrogens (tertiary/aromatic N) is 2. The van der Waals surface area contributed by atoms with Crippen LogP contribution < -0.4 is 5.32 Å². The smallest absolute Gasteiger partial charge is 0.287 e. The lowest BCUT2D eigenvalue weighted by Crippen LogP contribution is -2.34. The van der Waals surface area contributed by atoms with Crippen LogP contribution >= 0.6 is 0 Å². The molecule has 1 unspecified atom stereocenters. The monoisotopic (exact) mass is 267 g/mol. The normalized spacial score (nSPS) is 16.1. The van der Waals surface area contributed by atoms with Crippen molar-refractivity contribution in [1.82, 2.24) is 9.88 Å². The number of aromatic nitrogens is 1. The third-order valence-electron chi connectivity index (χ3n) is 3.16. The number of nitrogens with one attached hydrogen (secondary N) is 1. The summed E-state index contributed by atoms with van der Waals surface area (Å²) in [5, 5.41) is 22.3. The van der Waals surface area contributed by atoms with E-state index < -0.39 is 4.92 Å². The molecule has 1 heterocycles. The van der Waals surface area contributed by atoms with Crippen LogP contribution in [0.3, 0.4) is 0 Å². The quantitative estimate of drug-likeness (QED) is 0.598. The molecule has 2 N–H and O–H groups in total. The minimum absolute atomic E-state index is 0.00870. The van der Waals surface area contributed by atoms with E-state index in [0.717, 1.165) is 12.8 Å². The van der Waals surface area contributed by atoms with E-state index in [2.05, 4.69) is 5.32 Å². The predicted molar refractivity (Wildman–Crippen MR) is 68.0 cm³/mol. The molecular weight excluding hydrogens is 250 g/mol. The number of hydrogen-bond acceptors (Lipinski definition) is 4. The minimum Gasteiger partial charge on any atom is -0.396 e. The number of nitro groups is 1. The maximum absolute atomic E-state index is 12.1. The molecule has 0 radical (unpaired) electrons. The second-order valence-corrected chi connectivity index (χ2v) is 4.87. The predicted octanol–water partition coefficient (Wildman–Crippen LogP) is 1.23. The van der Waals surface area contributed by atoms with Crippen molar-refractivity contribution in [3.63, 3.8) is 0 Å². The molecule has 1 aliphatic rings. The summed E-state index contributed by atoms with van der Waals surface area (Å²) in [7, 11) is 0. The van der Waals surface area contributed by atoms with E-state index >= 15 is 0 Å². The van der Waals surface area contributed by atoms with Crippen molar-refractivity contribution in [2.45, 2.75) is 38.3 Å². The zero-order valence-corrected chi connectivity index (χ0v) is 10.7. The van der Waals surface area contributed by atoms with Crippen LogP contribution in [0.15, 0.2) is 12.3 Å². The molecule has 1 aliphatic carbocycles. The first-order chi connectivity index (χ1) is 9.02. The van der Waals surface area contributed by atoms with Gasteiger partial charge in [0, 0.05) is 24.8 Å². The second kappa shape index (κ2) is 5.40. The van der Waals surface area contributed by atoms with Crippen LogP contribution in [0, 0.1) is 10.1 Å². The molecule has 0 bridgehead atoms. The zero-order valence-electron chi connectivity index (χ0n) is 10.7. The molecule has 0 spiro atoms. The maximum atomic E-state index is 12.1. The summed E-state index contributed by atoms with van der Waals surface area (Å²) in [6.45, 7) is 1.78. The number of carbonyl (C=O) groups is 1. The van der Waals surface area contributed by atoms with Crippen molar-refractivity contribution >= 4 is 11.6 Å². The standard InChI is InChI=1S/C12H17N3O4/c1-8(4-5-16)13-12(17)11-6-10(15(18)19)7-14(11)9-2-3-9/h6-9,16H,2-5H2,1H3,(H,13,17). The Morgan fingerprint density at radius 2 is 2.37 bits per heavy atom. The fourth-order valence-corrected chi connectivity index (χ4v) is 1.96. The van der Waals surface area contributed by atoms with Crippen molar-refractivity contribution in [2.24, 2.45) is 0 Å². The summed E-state index contributed by atoms with van der Waals surface area (Å²) in [6.07, 6.45) is 3.76. The first-order valence-electron chi connectivity index (χ1n) is 6.31. The second-order valence-electron chi connectivity index (χ2n) is 4.87. The van der Waals surface area contributed by atoms with Gasteiger partial charge in [-0.3, -0.25) is 14.9 Å². The van der Waals surface area contributed by atoms with Crippen molar-refractivity contribution in [3.8, 4) is 0 Å². The van der Waals surface area contributed by atoms with E-state index in [9.17, 15) is 14.9 Å². The number of carbonyl (C=O) groups excluding carboxylic acids is 1. The third-order valence-corrected chi connectivity index (χ3v) is 3.16. The highest BCUT2D eigenvalue weighted by Crippen LogP contribution is 2.37. The molecule has 1 amide bonds. The van der Waals surface area contributed by atoms with Gasteiger partial charge in [-0.15, -0.1) is 0 Å². The molecular formula is C12H17N3O4. The average Bonchev–Trinajstić information content (AvgIpc) is 3.07. The molecule has 1 aromatic heterocycles. The molecule has 2 rings (SSSR count). The maximum Gasteiger partial charge on any atom is 0.287 e. The van der Waals surface area contributed by atoms with Gasteiger partial charge in [-0.25, -0.2) is 0 Å². The minimum atomic E-state index is -0.493. The van der Waals surface area contributed by atoms with E-state index in [4.69, 9.17) is 5.11 Å². The van der Waals surface area contributed by atoms with Gasteiger partial charge in [0.1, 0.15) is 5.69 Å². The van der Waals surface area contributed by atoms with Crippen molar-refractivity contribution in [3.05, 3.63) is 28.1 Å². The van der Waals surface area contributed by atoms with Gasteiger partial charge in [-0.2, -0.15) is 0 Å². The molecule has 104 valence electrons. The largest absolute Gasteiger partial charge is 0.396 e. The molecule has 0 aromatic carbocycles. The number of aliphatic hydroxyl groups excluding tert-OH is 1. The van der Waals surface area contributed by atoms with Gasteiger partial charge in [-0.05, 0) is 26.2 Å². The highest BCUT2D eigenvalue weighted by molar-refractivity contribution is 5.93. The van der Waals surface area contributed by atoms with Gasteiger partial charge in [0.25, 0.3) is 11.6 Å². The Kier molecular flexibility index (Phi) is 3.84. The highest BCUT2D eigenvalue weighted by Gasteiger charge is 2.30. The summed E-state index contributed by atoms with van der Waals surface area (Å²) in [4.78, 5) is 22.4. The third kappa shape index (κ3) is 3.11. The van der Waals surface area contributed by atoms with Crippen LogP contribution in [0.25, 0.3) is 0 Å². The first kappa shape index (κ1) is 13.5. The SMILES string of the molecule is CC(CCO)NC(=O)c1cc([N+](=O)[O-])cn1C1CC1. The van der Waals surface area contributed by atoms with Gasteiger partial charge in [0.2, 0.25) is 0 Å². The number of aliphatic hydroxyl groups is 1. The molecule has 1 aromatic rings. The topological polar surface area (TPSA) is 97.4 Å². The summed E-state index contributed by atoms with van der Waals surface area (Å²) in [5.74, 6) is -0.332. The lowest BCUT2D eigenvalue weighted by molar-refractivity contribution is -0.384. The van der Waals surface area contributed by atoms with E-state index in [1.165, 1.54) is 12.3 Å². The number of hydrogen-bond donors (Lipinski definition) is 2. The van der Waals surface area contributed by atoms with Crippen LogP contribution in [-0.4, -0.2) is 33.2 Å². The Hall–Kier alpha value is -1.89. The molecule has 1 fully saturated rings. The van der Waals surface area contributed by atoms with E-state index in [-0.39, 0.29) is 30.3 Å². The van der Waals surface area contributed by atoms with E-state index in [0.29, 0.717) is 12.1 Å². The Balaban J connectivity index is 2.17. The molecule has 1 saturated carbocycles. The summed E-state index contributed by atoms with van der Waals surface area (Å²) in [6, 6.07) is 1.33. The number of amides is 1. The van der Waals surface area contributed by atoms with Gasteiger partial charge in [0.15, 0.2) is 0 Å². The molecule has 1 atom stereocenters. The first-order valence-corrected chi connectivity index (χ1v) is 6.31. The van der Waals surface area contributed by atoms with Crippen molar-refractivity contribution in [1.29, 1.82) is 0 Å². The van der Waals surface area contributed by atoms with E-state index in [1.807, 2.05) is 0 Å². The molecule has 0 aliphatic heterocycles. The van der Waals surface area contributed by atoms with Crippen LogP contribution in [0.2, 0.25) is 0 Å². The Labute approximate surface area is 110 Å². The van der Waals surface area contributed by atoms with Crippen molar-refractivity contribution in [2.75, 3.05) is 6.61 Å².